The number of ether oxygens (including phenoxy) is 1. The van der Waals surface area contributed by atoms with E-state index in [1.54, 1.807) is 24.3 Å². The zero-order valence-corrected chi connectivity index (χ0v) is 19.6. The summed E-state index contributed by atoms with van der Waals surface area (Å²) in [4.78, 5) is 26.5. The minimum atomic E-state index is -0.284. The molecule has 2 aromatic carbocycles. The molecule has 1 aliphatic heterocycles. The van der Waals surface area contributed by atoms with Gasteiger partial charge in [0.05, 0.1) is 4.91 Å². The lowest BCUT2D eigenvalue weighted by molar-refractivity contribution is -0.122. The van der Waals surface area contributed by atoms with E-state index in [0.29, 0.717) is 22.8 Å². The number of halogens is 1. The van der Waals surface area contributed by atoms with Crippen molar-refractivity contribution in [2.45, 2.75) is 33.8 Å². The predicted molar refractivity (Wildman–Crippen MR) is 129 cm³/mol. The van der Waals surface area contributed by atoms with E-state index in [9.17, 15) is 14.0 Å². The first-order chi connectivity index (χ1) is 15.9. The zero-order chi connectivity index (χ0) is 23.5. The van der Waals surface area contributed by atoms with Gasteiger partial charge in [0.1, 0.15) is 18.2 Å². The quantitative estimate of drug-likeness (QED) is 0.387. The van der Waals surface area contributed by atoms with Crippen LogP contribution in [0.3, 0.4) is 0 Å². The van der Waals surface area contributed by atoms with E-state index >= 15 is 0 Å². The molecule has 1 aromatic heterocycles. The summed E-state index contributed by atoms with van der Waals surface area (Å²) in [5, 5.41) is -0.215. The third-order valence-electron chi connectivity index (χ3n) is 5.52. The molecule has 0 N–H and O–H groups in total. The van der Waals surface area contributed by atoms with Gasteiger partial charge < -0.3 is 9.30 Å². The van der Waals surface area contributed by atoms with Crippen molar-refractivity contribution >= 4 is 29.0 Å². The van der Waals surface area contributed by atoms with E-state index in [1.165, 1.54) is 11.0 Å². The highest BCUT2D eigenvalue weighted by Crippen LogP contribution is 2.34. The molecule has 0 radical (unpaired) electrons. The van der Waals surface area contributed by atoms with Gasteiger partial charge in [0.15, 0.2) is 0 Å². The normalized spacial score (nSPS) is 15.0. The molecule has 1 saturated heterocycles. The lowest BCUT2D eigenvalue weighted by Gasteiger charge is -2.12. The highest BCUT2D eigenvalue weighted by molar-refractivity contribution is 8.18. The van der Waals surface area contributed by atoms with Gasteiger partial charge in [0.2, 0.25) is 0 Å². The van der Waals surface area contributed by atoms with Crippen LogP contribution < -0.4 is 4.74 Å². The molecule has 33 heavy (non-hydrogen) atoms. The Morgan fingerprint density at radius 1 is 1.06 bits per heavy atom. The summed E-state index contributed by atoms with van der Waals surface area (Å²) in [6, 6.07) is 16.1. The standard InChI is InChI=1S/C26H25FN2O3S/c1-4-13-28-25(30)24(33-26(28)31)15-20-14-17(2)29(18(20)3)21-9-11-22(12-10-21)32-16-19-7-5-6-8-23(19)27/h5-12,14-15H,4,13,16H2,1-3H3/b24-15+. The van der Waals surface area contributed by atoms with Crippen molar-refractivity contribution in [1.29, 1.82) is 0 Å². The Morgan fingerprint density at radius 3 is 2.48 bits per heavy atom. The number of hydrogen-bond acceptors (Lipinski definition) is 4. The van der Waals surface area contributed by atoms with Crippen LogP contribution in [0.1, 0.15) is 35.9 Å². The molecule has 3 aromatic rings. The molecule has 2 amide bonds. The summed E-state index contributed by atoms with van der Waals surface area (Å²) >= 11 is 0.989. The minimum absolute atomic E-state index is 0.158. The third kappa shape index (κ3) is 4.73. The zero-order valence-electron chi connectivity index (χ0n) is 18.8. The van der Waals surface area contributed by atoms with Gasteiger partial charge in [-0.1, -0.05) is 25.1 Å². The SMILES string of the molecule is CCCN1C(=O)S/C(=C/c2cc(C)n(-c3ccc(OCc4ccccc4F)cc3)c2C)C1=O. The highest BCUT2D eigenvalue weighted by Gasteiger charge is 2.34. The van der Waals surface area contributed by atoms with Gasteiger partial charge in [-0.15, -0.1) is 0 Å². The molecule has 170 valence electrons. The number of aromatic nitrogens is 1. The van der Waals surface area contributed by atoms with E-state index in [1.807, 2.05) is 51.1 Å². The first-order valence-electron chi connectivity index (χ1n) is 10.8. The number of carbonyl (C=O) groups excluding carboxylic acids is 2. The van der Waals surface area contributed by atoms with Crippen molar-refractivity contribution in [2.24, 2.45) is 0 Å². The second-order valence-electron chi connectivity index (χ2n) is 7.87. The van der Waals surface area contributed by atoms with Crippen LogP contribution in [0, 0.1) is 19.7 Å². The monoisotopic (exact) mass is 464 g/mol. The number of rotatable bonds is 7. The molecule has 0 atom stereocenters. The number of hydrogen-bond donors (Lipinski definition) is 0. The fourth-order valence-electron chi connectivity index (χ4n) is 3.86. The van der Waals surface area contributed by atoms with Crippen LogP contribution in [0.4, 0.5) is 9.18 Å². The van der Waals surface area contributed by atoms with Crippen LogP contribution >= 0.6 is 11.8 Å². The molecule has 1 aliphatic rings. The van der Waals surface area contributed by atoms with Crippen molar-refractivity contribution in [2.75, 3.05) is 6.54 Å². The highest BCUT2D eigenvalue weighted by atomic mass is 32.2. The number of aryl methyl sites for hydroxylation is 1. The lowest BCUT2D eigenvalue weighted by Crippen LogP contribution is -2.28. The van der Waals surface area contributed by atoms with E-state index in [-0.39, 0.29) is 23.6 Å². The molecular formula is C26H25FN2O3S. The van der Waals surface area contributed by atoms with Crippen LogP contribution in [-0.4, -0.2) is 27.2 Å². The molecule has 5 nitrogen and oxygen atoms in total. The molecule has 0 aliphatic carbocycles. The summed E-state index contributed by atoms with van der Waals surface area (Å²) in [6.07, 6.45) is 2.53. The maximum Gasteiger partial charge on any atom is 0.293 e. The Kier molecular flexibility index (Phi) is 6.70. The maximum absolute atomic E-state index is 13.8. The molecule has 0 unspecified atom stereocenters. The summed E-state index contributed by atoms with van der Waals surface area (Å²) in [5.41, 5.74) is 4.32. The van der Waals surface area contributed by atoms with Crippen LogP contribution in [0.15, 0.2) is 59.5 Å². The summed E-state index contributed by atoms with van der Waals surface area (Å²) < 4.78 is 21.6. The average Bonchev–Trinajstić information content (AvgIpc) is 3.23. The molecule has 7 heteroatoms. The fourth-order valence-corrected chi connectivity index (χ4v) is 4.71. The van der Waals surface area contributed by atoms with Crippen molar-refractivity contribution in [1.82, 2.24) is 9.47 Å². The molecule has 0 saturated carbocycles. The minimum Gasteiger partial charge on any atom is -0.489 e. The Hall–Kier alpha value is -3.32. The van der Waals surface area contributed by atoms with E-state index in [2.05, 4.69) is 4.57 Å². The summed E-state index contributed by atoms with van der Waals surface area (Å²) in [7, 11) is 0. The van der Waals surface area contributed by atoms with Crippen LogP contribution in [0.2, 0.25) is 0 Å². The summed E-state index contributed by atoms with van der Waals surface area (Å²) in [5.74, 6) is 0.134. The van der Waals surface area contributed by atoms with Gasteiger partial charge in [-0.3, -0.25) is 14.5 Å². The first kappa shape index (κ1) is 22.9. The van der Waals surface area contributed by atoms with Gasteiger partial charge >= 0.3 is 0 Å². The van der Waals surface area contributed by atoms with Crippen molar-refractivity contribution in [3.8, 4) is 11.4 Å². The maximum atomic E-state index is 13.8. The number of nitrogens with zero attached hydrogens (tertiary/aromatic N) is 2. The van der Waals surface area contributed by atoms with Gasteiger partial charge in [0.25, 0.3) is 11.1 Å². The molecule has 0 spiro atoms. The van der Waals surface area contributed by atoms with E-state index in [4.69, 9.17) is 4.74 Å². The second-order valence-corrected chi connectivity index (χ2v) is 8.86. The first-order valence-corrected chi connectivity index (χ1v) is 11.6. The molecule has 4 rings (SSSR count). The van der Waals surface area contributed by atoms with Crippen molar-refractivity contribution in [3.63, 3.8) is 0 Å². The molecule has 0 bridgehead atoms. The Bertz CT molecular complexity index is 1230. The van der Waals surface area contributed by atoms with Gasteiger partial charge in [-0.25, -0.2) is 4.39 Å². The largest absolute Gasteiger partial charge is 0.489 e. The van der Waals surface area contributed by atoms with Gasteiger partial charge in [0, 0.05) is 29.2 Å². The Balaban J connectivity index is 1.53. The average molecular weight is 465 g/mol. The number of thioether (sulfide) groups is 1. The number of carbonyl (C=O) groups is 2. The third-order valence-corrected chi connectivity index (χ3v) is 6.43. The number of benzene rings is 2. The number of amides is 2. The van der Waals surface area contributed by atoms with Crippen LogP contribution in [-0.2, 0) is 11.4 Å². The predicted octanol–water partition coefficient (Wildman–Crippen LogP) is 6.26. The smallest absolute Gasteiger partial charge is 0.293 e. The second kappa shape index (κ2) is 9.67. The molecular weight excluding hydrogens is 439 g/mol. The molecule has 1 fully saturated rings. The van der Waals surface area contributed by atoms with Crippen LogP contribution in [0.5, 0.6) is 5.75 Å². The van der Waals surface area contributed by atoms with E-state index < -0.39 is 0 Å². The van der Waals surface area contributed by atoms with Crippen molar-refractivity contribution < 1.29 is 18.7 Å². The number of imide groups is 1. The fraction of sp³-hybridized carbons (Fsp3) is 0.231. The topological polar surface area (TPSA) is 51.5 Å². The lowest BCUT2D eigenvalue weighted by atomic mass is 10.2. The summed E-state index contributed by atoms with van der Waals surface area (Å²) in [6.45, 7) is 6.52. The van der Waals surface area contributed by atoms with Crippen LogP contribution in [0.25, 0.3) is 11.8 Å². The Morgan fingerprint density at radius 2 is 1.79 bits per heavy atom. The molecule has 2 heterocycles. The van der Waals surface area contributed by atoms with E-state index in [0.717, 1.165) is 40.8 Å². The van der Waals surface area contributed by atoms with Crippen molar-refractivity contribution in [3.05, 3.63) is 87.8 Å². The van der Waals surface area contributed by atoms with Gasteiger partial charge in [-0.05, 0) is 80.1 Å². The van der Waals surface area contributed by atoms with Gasteiger partial charge in [-0.2, -0.15) is 0 Å². The Labute approximate surface area is 196 Å².